The molecule has 2 rings (SSSR count). The van der Waals surface area contributed by atoms with Gasteiger partial charge in [0.2, 0.25) is 17.0 Å². The topological polar surface area (TPSA) is 68.7 Å². The van der Waals surface area contributed by atoms with Crippen molar-refractivity contribution in [2.75, 3.05) is 21.3 Å². The molecule has 0 spiro atoms. The first kappa shape index (κ1) is 12.9. The van der Waals surface area contributed by atoms with E-state index >= 15 is 0 Å². The average molecular weight is 260 g/mol. The van der Waals surface area contributed by atoms with Crippen LogP contribution in [-0.2, 0) is 0 Å². The maximum absolute atomic E-state index is 9.06. The lowest BCUT2D eigenvalue weighted by atomic mass is 10.1. The van der Waals surface area contributed by atoms with Crippen molar-refractivity contribution in [2.24, 2.45) is 0 Å². The number of rotatable bonds is 3. The molecule has 0 saturated heterocycles. The van der Waals surface area contributed by atoms with Crippen molar-refractivity contribution in [3.05, 3.63) is 22.7 Å². The smallest absolute Gasteiger partial charge is 0.430 e. The van der Waals surface area contributed by atoms with Crippen LogP contribution in [0.15, 0.2) is 12.1 Å². The number of benzene rings is 1. The Balaban J connectivity index is 2.96. The number of fused-ring (bicyclic) bond motifs is 1. The van der Waals surface area contributed by atoms with Gasteiger partial charge < -0.3 is 14.2 Å². The minimum atomic E-state index is 0.293. The molecule has 0 saturated carbocycles. The van der Waals surface area contributed by atoms with Crippen LogP contribution in [0.1, 0.15) is 5.56 Å². The van der Waals surface area contributed by atoms with Crippen molar-refractivity contribution in [1.82, 2.24) is 4.98 Å². The van der Waals surface area contributed by atoms with Gasteiger partial charge in [0, 0.05) is 6.07 Å². The van der Waals surface area contributed by atoms with E-state index in [2.05, 4.69) is 9.96 Å². The van der Waals surface area contributed by atoms with Gasteiger partial charge in [-0.3, -0.25) is 0 Å². The molecule has 0 bridgehead atoms. The number of hydrogen-bond donors (Lipinski definition) is 0. The lowest BCUT2D eigenvalue weighted by Crippen LogP contribution is -1.96. The summed E-state index contributed by atoms with van der Waals surface area (Å²) < 4.78 is 15.7. The van der Waals surface area contributed by atoms with E-state index in [-0.39, 0.29) is 0 Å². The monoisotopic (exact) mass is 260 g/mol. The van der Waals surface area contributed by atoms with Crippen molar-refractivity contribution in [2.45, 2.75) is 6.92 Å². The summed E-state index contributed by atoms with van der Waals surface area (Å²) in [6.45, 7) is 1.90. The van der Waals surface area contributed by atoms with Crippen LogP contribution < -0.4 is 14.2 Å². The van der Waals surface area contributed by atoms with Crippen LogP contribution in [0.25, 0.3) is 15.9 Å². The normalized spacial score (nSPS) is 10.1. The Labute approximate surface area is 110 Å². The molecule has 1 aromatic carbocycles. The molecular weight excluding hydrogens is 246 g/mol. The molecule has 6 nitrogen and oxygen atoms in total. The molecule has 0 atom stereocenters. The molecule has 0 aliphatic rings. The second kappa shape index (κ2) is 4.98. The van der Waals surface area contributed by atoms with E-state index < -0.39 is 0 Å². The van der Waals surface area contributed by atoms with E-state index in [4.69, 9.17) is 19.6 Å². The lowest BCUT2D eigenvalue weighted by Gasteiger charge is -2.10. The number of aryl methyl sites for hydroxylation is 1. The second-order valence-electron chi connectivity index (χ2n) is 3.94. The average Bonchev–Trinajstić information content (AvgIpc) is 2.45. The Morgan fingerprint density at radius 1 is 1.11 bits per heavy atom. The first-order chi connectivity index (χ1) is 9.15. The summed E-state index contributed by atoms with van der Waals surface area (Å²) >= 11 is 0. The van der Waals surface area contributed by atoms with Crippen LogP contribution >= 0.6 is 0 Å². The van der Waals surface area contributed by atoms with Gasteiger partial charge in [-0.05, 0) is 12.5 Å². The molecule has 0 fully saturated rings. The number of hydrogen-bond acceptors (Lipinski definition) is 5. The molecule has 0 unspecified atom stereocenters. The molecule has 0 aliphatic carbocycles. The van der Waals surface area contributed by atoms with E-state index in [1.807, 2.05) is 6.92 Å². The van der Waals surface area contributed by atoms with Gasteiger partial charge in [0.05, 0.1) is 32.8 Å². The summed E-state index contributed by atoms with van der Waals surface area (Å²) in [6, 6.07) is 3.35. The van der Waals surface area contributed by atoms with Gasteiger partial charge in [0.1, 0.15) is 5.52 Å². The molecule has 1 heterocycles. The molecule has 2 aromatic rings. The fraction of sp³-hybridized carbons (Fsp3) is 0.308. The highest BCUT2D eigenvalue weighted by Crippen LogP contribution is 2.42. The summed E-state index contributed by atoms with van der Waals surface area (Å²) in [4.78, 5) is 7.58. The zero-order valence-electron chi connectivity index (χ0n) is 11.2. The van der Waals surface area contributed by atoms with E-state index in [1.54, 1.807) is 19.2 Å². The van der Waals surface area contributed by atoms with Gasteiger partial charge in [0.15, 0.2) is 10.7 Å². The van der Waals surface area contributed by atoms with Crippen molar-refractivity contribution in [3.8, 4) is 17.4 Å². The number of ether oxygens (including phenoxy) is 3. The third kappa shape index (κ3) is 1.99. The fourth-order valence-corrected chi connectivity index (χ4v) is 2.03. The Kier molecular flexibility index (Phi) is 3.38. The summed E-state index contributed by atoms with van der Waals surface area (Å²) in [5, 5.41) is 9.80. The van der Waals surface area contributed by atoms with Crippen LogP contribution in [0.2, 0.25) is 0 Å². The number of methoxy groups -OCH3 is 3. The number of pyridine rings is 1. The van der Waals surface area contributed by atoms with Gasteiger partial charge in [-0.15, -0.1) is 0 Å². The van der Waals surface area contributed by atoms with E-state index in [9.17, 15) is 0 Å². The minimum Gasteiger partial charge on any atom is -0.494 e. The Morgan fingerprint density at radius 3 is 2.37 bits per heavy atom. The number of nitrogens with zero attached hydrogens (tertiary/aromatic N) is 3. The summed E-state index contributed by atoms with van der Waals surface area (Å²) in [7, 11) is 4.59. The molecule has 6 heteroatoms. The fourth-order valence-electron chi connectivity index (χ4n) is 2.03. The number of aromatic nitrogens is 1. The zero-order valence-corrected chi connectivity index (χ0v) is 11.2. The van der Waals surface area contributed by atoms with Crippen LogP contribution in [0.4, 0.5) is 5.69 Å². The van der Waals surface area contributed by atoms with Crippen LogP contribution in [0, 0.1) is 12.3 Å². The third-order valence-electron chi connectivity index (χ3n) is 2.89. The second-order valence-corrected chi connectivity index (χ2v) is 3.94. The summed E-state index contributed by atoms with van der Waals surface area (Å²) in [5.74, 6) is 1.43. The molecule has 98 valence electrons. The molecule has 1 aromatic heterocycles. The van der Waals surface area contributed by atoms with Gasteiger partial charge in [-0.1, -0.05) is 0 Å². The Morgan fingerprint density at radius 2 is 1.84 bits per heavy atom. The van der Waals surface area contributed by atoms with Gasteiger partial charge in [0.25, 0.3) is 0 Å². The predicted molar refractivity (Wildman–Crippen MR) is 70.9 cm³/mol. The standard InChI is InChI=1S/C13H14N3O3/c1-7-5-10(18-3)15-12-9(17-2)6-8(16-14)13(19-4)11(7)12/h5-6H,1-4H3/q+1. The molecule has 19 heavy (non-hydrogen) atoms. The van der Waals surface area contributed by atoms with Gasteiger partial charge in [-0.2, -0.15) is 0 Å². The highest BCUT2D eigenvalue weighted by Gasteiger charge is 2.24. The largest absolute Gasteiger partial charge is 0.494 e. The van der Waals surface area contributed by atoms with Crippen LogP contribution in [-0.4, -0.2) is 26.3 Å². The quantitative estimate of drug-likeness (QED) is 0.793. The number of diazo groups is 1. The molecule has 0 N–H and O–H groups in total. The first-order valence-electron chi connectivity index (χ1n) is 5.61. The van der Waals surface area contributed by atoms with E-state index in [0.717, 1.165) is 10.9 Å². The SMILES string of the molecule is COc1cc(C)c2c(OC)c([N+]#N)cc(OC)c2n1. The summed E-state index contributed by atoms with van der Waals surface area (Å²) in [5.41, 5.74) is 1.79. The van der Waals surface area contributed by atoms with E-state index in [1.165, 1.54) is 14.2 Å². The highest BCUT2D eigenvalue weighted by atomic mass is 16.5. The molecule has 0 amide bonds. The van der Waals surface area contributed by atoms with Crippen molar-refractivity contribution in [1.29, 1.82) is 5.39 Å². The Bertz CT molecular complexity index is 677. The lowest BCUT2D eigenvalue weighted by molar-refractivity contribution is 0.395. The summed E-state index contributed by atoms with van der Waals surface area (Å²) in [6.07, 6.45) is 0. The van der Waals surface area contributed by atoms with Gasteiger partial charge in [-0.25, -0.2) is 4.98 Å². The molecule has 0 aliphatic heterocycles. The van der Waals surface area contributed by atoms with Crippen LogP contribution in [0.5, 0.6) is 17.4 Å². The third-order valence-corrected chi connectivity index (χ3v) is 2.89. The van der Waals surface area contributed by atoms with Crippen LogP contribution in [0.3, 0.4) is 0 Å². The van der Waals surface area contributed by atoms with Crippen molar-refractivity contribution in [3.63, 3.8) is 0 Å². The van der Waals surface area contributed by atoms with Crippen molar-refractivity contribution < 1.29 is 14.2 Å². The Hall–Kier alpha value is -2.55. The van der Waals surface area contributed by atoms with Gasteiger partial charge >= 0.3 is 5.69 Å². The van der Waals surface area contributed by atoms with Crippen molar-refractivity contribution >= 4 is 16.6 Å². The first-order valence-corrected chi connectivity index (χ1v) is 5.61. The zero-order chi connectivity index (χ0) is 14.0. The maximum Gasteiger partial charge on any atom is 0.430 e. The molecular formula is C13H14N3O3+. The minimum absolute atomic E-state index is 0.293. The predicted octanol–water partition coefficient (Wildman–Crippen LogP) is 3.05. The van der Waals surface area contributed by atoms with E-state index in [0.29, 0.717) is 28.6 Å². The highest BCUT2D eigenvalue weighted by molar-refractivity contribution is 5.98. The molecule has 0 radical (unpaired) electrons. The maximum atomic E-state index is 9.06.